The second-order valence-electron chi connectivity index (χ2n) is 4.68. The summed E-state index contributed by atoms with van der Waals surface area (Å²) in [4.78, 5) is 28.5. The average molecular weight is 355 g/mol. The van der Waals surface area contributed by atoms with Crippen LogP contribution in [-0.2, 0) is 10.3 Å². The monoisotopic (exact) mass is 355 g/mol. The van der Waals surface area contributed by atoms with Crippen LogP contribution in [0.4, 0.5) is 5.69 Å². The summed E-state index contributed by atoms with van der Waals surface area (Å²) in [5.41, 5.74) is 0.599. The van der Waals surface area contributed by atoms with Gasteiger partial charge in [-0.2, -0.15) is 0 Å². The second kappa shape index (κ2) is 7.25. The molecule has 0 amide bonds. The summed E-state index contributed by atoms with van der Waals surface area (Å²) in [6.07, 6.45) is 0. The lowest BCUT2D eigenvalue weighted by Gasteiger charge is -2.15. The third-order valence-corrected chi connectivity index (χ3v) is 5.17. The maximum atomic E-state index is 10.7. The van der Waals surface area contributed by atoms with Gasteiger partial charge in [0.1, 0.15) is 0 Å². The van der Waals surface area contributed by atoms with Crippen molar-refractivity contribution >= 4 is 25.0 Å². The van der Waals surface area contributed by atoms with Gasteiger partial charge in [-0.15, -0.1) is 11.8 Å². The molecule has 3 rings (SSSR count). The summed E-state index contributed by atoms with van der Waals surface area (Å²) in [7, 11) is -4.79. The van der Waals surface area contributed by atoms with Crippen LogP contribution in [0.15, 0.2) is 53.4 Å². The Kier molecular flexibility index (Phi) is 5.56. The Hall–Kier alpha value is -1.70. The number of rotatable bonds is 3. The largest absolute Gasteiger partial charge is 0.376 e. The van der Waals surface area contributed by atoms with Gasteiger partial charge in [-0.3, -0.25) is 14.7 Å². The summed E-state index contributed by atoms with van der Waals surface area (Å²) < 4.78 is 10.7. The molecule has 3 N–H and O–H groups in total. The number of aliphatic hydroxyl groups excluding tert-OH is 1. The highest BCUT2D eigenvalue weighted by molar-refractivity contribution is 7.99. The highest BCUT2D eigenvalue weighted by Crippen LogP contribution is 2.51. The third-order valence-electron chi connectivity index (χ3n) is 3.09. The fourth-order valence-electron chi connectivity index (χ4n) is 1.89. The van der Waals surface area contributed by atoms with E-state index in [4.69, 9.17) is 9.79 Å². The molecule has 1 atom stereocenters. The highest BCUT2D eigenvalue weighted by Gasteiger charge is 2.33. The van der Waals surface area contributed by atoms with E-state index in [0.717, 1.165) is 12.1 Å². The zero-order valence-corrected chi connectivity index (χ0v) is 13.5. The van der Waals surface area contributed by atoms with Crippen LogP contribution in [0.5, 0.6) is 0 Å². The Balaban J connectivity index is 0.000000198. The van der Waals surface area contributed by atoms with Crippen LogP contribution in [0.1, 0.15) is 17.0 Å². The predicted octanol–water partition coefficient (Wildman–Crippen LogP) is 3.06. The van der Waals surface area contributed by atoms with Crippen LogP contribution in [0.2, 0.25) is 0 Å². The number of hydrogen-bond acceptors (Lipinski definition) is 5. The molecule has 0 radical (unpaired) electrons. The smallest absolute Gasteiger partial charge is 0.358 e. The van der Waals surface area contributed by atoms with Crippen LogP contribution in [0.3, 0.4) is 0 Å². The van der Waals surface area contributed by atoms with E-state index >= 15 is 0 Å². The van der Waals surface area contributed by atoms with Crippen molar-refractivity contribution in [3.05, 3.63) is 69.8 Å². The molecule has 2 aromatic carbocycles. The highest BCUT2D eigenvalue weighted by atomic mass is 32.2. The van der Waals surface area contributed by atoms with Gasteiger partial charge >= 0.3 is 7.60 Å². The van der Waals surface area contributed by atoms with Crippen molar-refractivity contribution in [2.24, 2.45) is 0 Å². The van der Waals surface area contributed by atoms with Gasteiger partial charge in [-0.1, -0.05) is 30.3 Å². The normalized spacial score (nSPS) is 13.9. The van der Waals surface area contributed by atoms with Gasteiger partial charge in [-0.05, 0) is 17.7 Å². The van der Waals surface area contributed by atoms with Gasteiger partial charge in [0.2, 0.25) is 0 Å². The molecule has 0 aliphatic carbocycles. The number of hydrogen-bond donors (Lipinski definition) is 3. The first kappa shape index (κ1) is 17.7. The van der Waals surface area contributed by atoms with E-state index in [0.29, 0.717) is 0 Å². The van der Waals surface area contributed by atoms with Crippen molar-refractivity contribution in [2.75, 3.05) is 0 Å². The zero-order chi connectivity index (χ0) is 17.0. The molecule has 1 aliphatic heterocycles. The SMILES string of the molecule is O=[N+]([O-])c1ccccc1C(O)P(=O)(O)O.c1ccc2c(c1)CS2. The minimum absolute atomic E-state index is 0.393. The molecule has 0 aromatic heterocycles. The van der Waals surface area contributed by atoms with Crippen LogP contribution in [0.25, 0.3) is 0 Å². The van der Waals surface area contributed by atoms with Crippen LogP contribution >= 0.6 is 19.4 Å². The molecule has 2 aromatic rings. The molecule has 23 heavy (non-hydrogen) atoms. The molecule has 0 spiro atoms. The van der Waals surface area contributed by atoms with E-state index in [1.54, 1.807) is 0 Å². The van der Waals surface area contributed by atoms with Gasteiger partial charge in [0, 0.05) is 16.7 Å². The number of nitro benzene ring substituents is 1. The number of aliphatic hydroxyl groups is 1. The minimum atomic E-state index is -4.79. The van der Waals surface area contributed by atoms with E-state index in [2.05, 4.69) is 24.3 Å². The van der Waals surface area contributed by atoms with Crippen LogP contribution in [-0.4, -0.2) is 19.8 Å². The first-order chi connectivity index (χ1) is 10.8. The maximum Gasteiger partial charge on any atom is 0.358 e. The topological polar surface area (TPSA) is 121 Å². The molecule has 1 heterocycles. The summed E-state index contributed by atoms with van der Waals surface area (Å²) in [6, 6.07) is 13.4. The number of nitrogens with zero attached hydrogens (tertiary/aromatic N) is 1. The summed E-state index contributed by atoms with van der Waals surface area (Å²) >= 11 is 1.93. The zero-order valence-electron chi connectivity index (χ0n) is 11.8. The molecule has 7 nitrogen and oxygen atoms in total. The van der Waals surface area contributed by atoms with Crippen molar-refractivity contribution in [3.63, 3.8) is 0 Å². The molecule has 0 fully saturated rings. The van der Waals surface area contributed by atoms with E-state index in [1.807, 2.05) is 11.8 Å². The molecular weight excluding hydrogens is 341 g/mol. The Morgan fingerprint density at radius 1 is 1.13 bits per heavy atom. The van der Waals surface area contributed by atoms with Gasteiger partial charge in [0.15, 0.2) is 5.85 Å². The van der Waals surface area contributed by atoms with Crippen molar-refractivity contribution in [1.29, 1.82) is 0 Å². The predicted molar refractivity (Wildman–Crippen MR) is 86.1 cm³/mol. The average Bonchev–Trinajstić information content (AvgIpc) is 2.47. The third kappa shape index (κ3) is 4.40. The van der Waals surface area contributed by atoms with Gasteiger partial charge in [0.05, 0.1) is 10.5 Å². The Bertz CT molecular complexity index is 739. The molecule has 0 bridgehead atoms. The number of thioether (sulfide) groups is 1. The van der Waals surface area contributed by atoms with Crippen LogP contribution in [0, 0.1) is 10.1 Å². The first-order valence-electron chi connectivity index (χ1n) is 6.48. The fraction of sp³-hybridized carbons (Fsp3) is 0.143. The standard InChI is InChI=1S/C7H8NO6P.C7H6S/c9-7(15(12,13)14)5-3-1-2-4-6(5)8(10)11;1-2-4-7-6(3-1)5-8-7/h1-4,7,9H,(H2,12,13,14);1-4H,5H2. The first-order valence-corrected chi connectivity index (χ1v) is 9.14. The molecule has 1 unspecified atom stereocenters. The molecule has 1 aliphatic rings. The minimum Gasteiger partial charge on any atom is -0.376 e. The van der Waals surface area contributed by atoms with Crippen molar-refractivity contribution < 1.29 is 24.4 Å². The lowest BCUT2D eigenvalue weighted by atomic mass is 10.2. The van der Waals surface area contributed by atoms with E-state index in [-0.39, 0.29) is 0 Å². The van der Waals surface area contributed by atoms with Gasteiger partial charge in [-0.25, -0.2) is 0 Å². The molecule has 0 saturated heterocycles. The quantitative estimate of drug-likeness (QED) is 0.439. The van der Waals surface area contributed by atoms with Crippen molar-refractivity contribution in [1.82, 2.24) is 0 Å². The Labute approximate surface area is 136 Å². The molecule has 122 valence electrons. The van der Waals surface area contributed by atoms with E-state index in [1.165, 1.54) is 28.3 Å². The lowest BCUT2D eigenvalue weighted by Crippen LogP contribution is -2.02. The van der Waals surface area contributed by atoms with Crippen molar-refractivity contribution in [2.45, 2.75) is 16.5 Å². The second-order valence-corrected chi connectivity index (χ2v) is 7.36. The molecule has 0 saturated carbocycles. The Morgan fingerprint density at radius 2 is 1.74 bits per heavy atom. The Morgan fingerprint density at radius 3 is 2.17 bits per heavy atom. The van der Waals surface area contributed by atoms with Gasteiger partial charge in [0.25, 0.3) is 5.69 Å². The number of fused-ring (bicyclic) bond motifs is 1. The lowest BCUT2D eigenvalue weighted by molar-refractivity contribution is -0.386. The summed E-state index contributed by atoms with van der Waals surface area (Å²) in [5, 5.41) is 19.7. The summed E-state index contributed by atoms with van der Waals surface area (Å²) in [5.74, 6) is -0.949. The molecular formula is C14H14NO6PS. The molecule has 9 heteroatoms. The number of nitro groups is 1. The van der Waals surface area contributed by atoms with Crippen molar-refractivity contribution in [3.8, 4) is 0 Å². The number of para-hydroxylation sites is 1. The van der Waals surface area contributed by atoms with E-state index < -0.39 is 29.6 Å². The number of benzene rings is 2. The van der Waals surface area contributed by atoms with Gasteiger partial charge < -0.3 is 14.9 Å². The van der Waals surface area contributed by atoms with E-state index in [9.17, 15) is 19.8 Å². The maximum absolute atomic E-state index is 10.7. The summed E-state index contributed by atoms with van der Waals surface area (Å²) in [6.45, 7) is 0. The fourth-order valence-corrected chi connectivity index (χ4v) is 3.29. The van der Waals surface area contributed by atoms with Crippen LogP contribution < -0.4 is 0 Å².